The van der Waals surface area contributed by atoms with Gasteiger partial charge in [0.1, 0.15) is 19.0 Å². The summed E-state index contributed by atoms with van der Waals surface area (Å²) < 4.78 is 10.9. The average molecular weight is 473 g/mol. The Balaban J connectivity index is 1.97. The molecule has 0 fully saturated rings. The van der Waals surface area contributed by atoms with Crippen LogP contribution in [0.3, 0.4) is 0 Å². The van der Waals surface area contributed by atoms with Gasteiger partial charge in [0.15, 0.2) is 5.84 Å². The van der Waals surface area contributed by atoms with Gasteiger partial charge in [-0.3, -0.25) is 0 Å². The van der Waals surface area contributed by atoms with E-state index in [1.165, 1.54) is 28.2 Å². The van der Waals surface area contributed by atoms with Gasteiger partial charge in [-0.1, -0.05) is 54.1 Å². The van der Waals surface area contributed by atoms with Gasteiger partial charge < -0.3 is 9.47 Å². The van der Waals surface area contributed by atoms with Gasteiger partial charge in [-0.05, 0) is 30.3 Å². The number of carbonyl (C=O) groups excluding carboxylic acids is 1. The van der Waals surface area contributed by atoms with E-state index in [1.54, 1.807) is 48.7 Å². The molecule has 0 unspecified atom stereocenters. The number of hydrogen-bond donors (Lipinski definition) is 0. The largest absolute Gasteiger partial charge is 0.444 e. The second-order valence-corrected chi connectivity index (χ2v) is 7.11. The van der Waals surface area contributed by atoms with Gasteiger partial charge in [0, 0.05) is 12.6 Å². The molecular formula is C21H18Cl2N6O3. The predicted octanol–water partition coefficient (Wildman–Crippen LogP) is 4.32. The highest BCUT2D eigenvalue weighted by Crippen LogP contribution is 2.26. The van der Waals surface area contributed by atoms with Crippen molar-refractivity contribution in [1.29, 1.82) is 5.26 Å². The van der Waals surface area contributed by atoms with Gasteiger partial charge in [-0.15, -0.1) is 10.1 Å². The highest BCUT2D eigenvalue weighted by atomic mass is 35.5. The number of hydrogen-bond acceptors (Lipinski definition) is 7. The van der Waals surface area contributed by atoms with Crippen LogP contribution in [-0.2, 0) is 4.74 Å². The van der Waals surface area contributed by atoms with Crippen LogP contribution in [0, 0.1) is 11.5 Å². The first kappa shape index (κ1) is 22.9. The van der Waals surface area contributed by atoms with E-state index >= 15 is 0 Å². The summed E-state index contributed by atoms with van der Waals surface area (Å²) in [7, 11) is 1.52. The number of hydrazine groups is 1. The van der Waals surface area contributed by atoms with Crippen LogP contribution >= 0.6 is 23.2 Å². The molecule has 1 aliphatic heterocycles. The fourth-order valence-electron chi connectivity index (χ4n) is 2.67. The van der Waals surface area contributed by atoms with Crippen molar-refractivity contribution in [2.75, 3.05) is 20.3 Å². The van der Waals surface area contributed by atoms with E-state index in [1.807, 2.05) is 6.07 Å². The highest BCUT2D eigenvalue weighted by Gasteiger charge is 2.34. The van der Waals surface area contributed by atoms with Crippen molar-refractivity contribution < 1.29 is 14.3 Å². The second-order valence-electron chi connectivity index (χ2n) is 6.29. The smallest absolute Gasteiger partial charge is 0.428 e. The van der Waals surface area contributed by atoms with Gasteiger partial charge >= 0.3 is 12.1 Å². The number of amidine groups is 2. The topological polar surface area (TPSA) is 93.8 Å². The fourth-order valence-corrected chi connectivity index (χ4v) is 2.96. The average Bonchev–Trinajstić information content (AvgIpc) is 3.24. The van der Waals surface area contributed by atoms with E-state index in [9.17, 15) is 4.79 Å². The number of para-hydroxylation sites is 1. The normalized spacial score (nSPS) is 13.3. The molecule has 9 nitrogen and oxygen atoms in total. The quantitative estimate of drug-likeness (QED) is 0.278. The van der Waals surface area contributed by atoms with Gasteiger partial charge in [-0.25, -0.2) is 14.8 Å². The SMILES string of the molecule is C=CCOC(=O)N(C)N1CN(/C(=N\C#N)Oc2ccccc2)N=C1c1ccc(Cl)c(Cl)c1. The lowest BCUT2D eigenvalue weighted by Gasteiger charge is -2.29. The zero-order chi connectivity index (χ0) is 23.1. The minimum absolute atomic E-state index is 0.00259. The summed E-state index contributed by atoms with van der Waals surface area (Å²) in [5, 5.41) is 18.4. The van der Waals surface area contributed by atoms with E-state index in [4.69, 9.17) is 37.9 Å². The molecule has 0 N–H and O–H groups in total. The van der Waals surface area contributed by atoms with E-state index in [0.717, 1.165) is 0 Å². The Kier molecular flexibility index (Phi) is 7.54. The lowest BCUT2D eigenvalue weighted by atomic mass is 10.2. The molecule has 0 atom stereocenters. The van der Waals surface area contributed by atoms with Crippen molar-refractivity contribution in [3.63, 3.8) is 0 Å². The van der Waals surface area contributed by atoms with Crippen LogP contribution < -0.4 is 4.74 Å². The predicted molar refractivity (Wildman–Crippen MR) is 121 cm³/mol. The lowest BCUT2D eigenvalue weighted by molar-refractivity contribution is 0.0384. The number of aliphatic imine (C=N–C) groups is 1. The van der Waals surface area contributed by atoms with Crippen LogP contribution in [0.2, 0.25) is 10.0 Å². The molecule has 32 heavy (non-hydrogen) atoms. The van der Waals surface area contributed by atoms with Gasteiger partial charge in [0.25, 0.3) is 0 Å². The molecule has 1 heterocycles. The first-order valence-corrected chi connectivity index (χ1v) is 10.00. The van der Waals surface area contributed by atoms with E-state index in [2.05, 4.69) is 16.7 Å². The Hall–Kier alpha value is -3.74. The maximum Gasteiger partial charge on any atom is 0.428 e. The summed E-state index contributed by atoms with van der Waals surface area (Å²) in [6, 6.07) is 13.7. The van der Waals surface area contributed by atoms with Crippen LogP contribution in [0.1, 0.15) is 5.56 Å². The molecule has 0 saturated heterocycles. The minimum atomic E-state index is -0.637. The number of ether oxygens (including phenoxy) is 2. The maximum absolute atomic E-state index is 12.5. The van der Waals surface area contributed by atoms with Crippen molar-refractivity contribution in [2.24, 2.45) is 10.1 Å². The number of nitrogens with zero attached hydrogens (tertiary/aromatic N) is 6. The molecule has 164 valence electrons. The number of halogens is 2. The molecule has 2 aromatic rings. The van der Waals surface area contributed by atoms with Crippen molar-refractivity contribution in [1.82, 2.24) is 15.0 Å². The molecule has 2 aromatic carbocycles. The summed E-state index contributed by atoms with van der Waals surface area (Å²) >= 11 is 12.2. The highest BCUT2D eigenvalue weighted by molar-refractivity contribution is 6.42. The second kappa shape index (κ2) is 10.5. The molecule has 11 heteroatoms. The number of benzene rings is 2. The fraction of sp³-hybridized carbons (Fsp3) is 0.143. The van der Waals surface area contributed by atoms with E-state index in [0.29, 0.717) is 27.2 Å². The Morgan fingerprint density at radius 3 is 2.72 bits per heavy atom. The van der Waals surface area contributed by atoms with E-state index < -0.39 is 6.09 Å². The number of hydrazone groups is 1. The standard InChI is InChI=1S/C21H18Cl2N6O3/c1-3-11-31-21(30)27(2)29-14-28(20(25-13-24)32-16-7-5-4-6-8-16)26-19(29)15-9-10-17(22)18(23)12-15/h3-10,12H,1,11,14H2,2H3/b25-20+. The summed E-state index contributed by atoms with van der Waals surface area (Å²) in [6.07, 6.45) is 2.53. The molecule has 3 rings (SSSR count). The number of carbonyl (C=O) groups is 1. The number of nitriles is 1. The zero-order valence-corrected chi connectivity index (χ0v) is 18.5. The maximum atomic E-state index is 12.5. The first-order valence-electron chi connectivity index (χ1n) is 9.24. The molecule has 0 aliphatic carbocycles. The molecular weight excluding hydrogens is 455 g/mol. The number of rotatable bonds is 5. The summed E-state index contributed by atoms with van der Waals surface area (Å²) in [4.78, 5) is 16.2. The van der Waals surface area contributed by atoms with Crippen molar-refractivity contribution in [3.05, 3.63) is 76.8 Å². The lowest BCUT2D eigenvalue weighted by Crippen LogP contribution is -2.48. The van der Waals surface area contributed by atoms with Crippen molar-refractivity contribution >= 4 is 41.2 Å². The third kappa shape index (κ3) is 5.29. The molecule has 0 aromatic heterocycles. The third-order valence-corrected chi connectivity index (χ3v) is 4.91. The monoisotopic (exact) mass is 472 g/mol. The molecule has 1 aliphatic rings. The van der Waals surface area contributed by atoms with Gasteiger partial charge in [-0.2, -0.15) is 10.3 Å². The van der Waals surface area contributed by atoms with Crippen LogP contribution in [-0.4, -0.2) is 53.3 Å². The Bertz CT molecular complexity index is 1100. The Morgan fingerprint density at radius 2 is 2.06 bits per heavy atom. The third-order valence-electron chi connectivity index (χ3n) is 4.18. The van der Waals surface area contributed by atoms with E-state index in [-0.39, 0.29) is 19.3 Å². The summed E-state index contributed by atoms with van der Waals surface area (Å²) in [6.45, 7) is 3.58. The Labute approximate surface area is 194 Å². The Morgan fingerprint density at radius 1 is 1.31 bits per heavy atom. The van der Waals surface area contributed by atoms with Crippen LogP contribution in [0.25, 0.3) is 0 Å². The van der Waals surface area contributed by atoms with Crippen LogP contribution in [0.4, 0.5) is 4.79 Å². The summed E-state index contributed by atoms with van der Waals surface area (Å²) in [5.74, 6) is 0.800. The van der Waals surface area contributed by atoms with Gasteiger partial charge in [0.2, 0.25) is 6.19 Å². The molecule has 0 spiro atoms. The van der Waals surface area contributed by atoms with Gasteiger partial charge in [0.05, 0.1) is 10.0 Å². The summed E-state index contributed by atoms with van der Waals surface area (Å²) in [5.41, 5.74) is 0.571. The molecule has 1 amide bonds. The molecule has 0 bridgehead atoms. The number of amides is 1. The van der Waals surface area contributed by atoms with Crippen molar-refractivity contribution in [3.8, 4) is 11.9 Å². The molecule has 0 radical (unpaired) electrons. The zero-order valence-electron chi connectivity index (χ0n) is 17.0. The van der Waals surface area contributed by atoms with Crippen LogP contribution in [0.5, 0.6) is 5.75 Å². The van der Waals surface area contributed by atoms with Crippen LogP contribution in [0.15, 0.2) is 71.3 Å². The first-order chi connectivity index (χ1) is 15.4. The minimum Gasteiger partial charge on any atom is -0.444 e. The molecule has 0 saturated carbocycles. The van der Waals surface area contributed by atoms with Crippen molar-refractivity contribution in [2.45, 2.75) is 0 Å².